The monoisotopic (exact) mass is 399 g/mol. The number of furan rings is 1. The first kappa shape index (κ1) is 18.5. The van der Waals surface area contributed by atoms with Crippen LogP contribution in [0, 0.1) is 0 Å². The van der Waals surface area contributed by atoms with Gasteiger partial charge in [-0.1, -0.05) is 30.4 Å². The smallest absolute Gasteiger partial charge is 0.305 e. The number of nitrogens with zero attached hydrogens (tertiary/aromatic N) is 3. The summed E-state index contributed by atoms with van der Waals surface area (Å²) in [6.45, 7) is 4.69. The third kappa shape index (κ3) is 3.73. The molecular weight excluding hydrogens is 378 g/mol. The van der Waals surface area contributed by atoms with Gasteiger partial charge in [0.1, 0.15) is 10.7 Å². The highest BCUT2D eigenvalue weighted by Gasteiger charge is 2.15. The van der Waals surface area contributed by atoms with Crippen molar-refractivity contribution in [3.05, 3.63) is 35.5 Å². The maximum absolute atomic E-state index is 11.4. The van der Waals surface area contributed by atoms with E-state index in [-0.39, 0.29) is 5.97 Å². The Morgan fingerprint density at radius 3 is 3.00 bits per heavy atom. The van der Waals surface area contributed by atoms with Gasteiger partial charge in [-0.2, -0.15) is 5.10 Å². The number of benzene rings is 1. The number of hydrogen-bond donors (Lipinski definition) is 0. The van der Waals surface area contributed by atoms with Gasteiger partial charge in [-0.3, -0.25) is 4.79 Å². The third-order valence-electron chi connectivity index (χ3n) is 4.24. The minimum absolute atomic E-state index is 0.204. The molecule has 0 saturated heterocycles. The highest BCUT2D eigenvalue weighted by atomic mass is 32.1. The van der Waals surface area contributed by atoms with Crippen LogP contribution < -0.4 is 4.74 Å². The average molecular weight is 399 g/mol. The number of para-hydroxylation sites is 1. The lowest BCUT2D eigenvalue weighted by Gasteiger charge is -2.06. The quantitative estimate of drug-likeness (QED) is 0.321. The fourth-order valence-corrected chi connectivity index (χ4v) is 3.73. The second-order valence-corrected chi connectivity index (χ2v) is 7.29. The van der Waals surface area contributed by atoms with Crippen LogP contribution in [0.4, 0.5) is 0 Å². The van der Waals surface area contributed by atoms with E-state index in [1.165, 1.54) is 0 Å². The number of aryl methyl sites for hydroxylation is 1. The molecule has 0 amide bonds. The zero-order chi connectivity index (χ0) is 19.5. The lowest BCUT2D eigenvalue weighted by molar-refractivity contribution is -0.143. The van der Waals surface area contributed by atoms with Gasteiger partial charge in [0.05, 0.1) is 19.4 Å². The summed E-state index contributed by atoms with van der Waals surface area (Å²) in [7, 11) is 0. The largest absolute Gasteiger partial charge is 0.490 e. The molecule has 0 saturated carbocycles. The molecule has 4 rings (SSSR count). The van der Waals surface area contributed by atoms with Gasteiger partial charge in [-0.05, 0) is 31.9 Å². The van der Waals surface area contributed by atoms with Crippen LogP contribution in [-0.4, -0.2) is 33.8 Å². The van der Waals surface area contributed by atoms with Crippen molar-refractivity contribution in [3.8, 4) is 17.2 Å². The Hall–Kier alpha value is -2.87. The van der Waals surface area contributed by atoms with Gasteiger partial charge < -0.3 is 13.9 Å². The molecular formula is C20H21N3O4S. The molecule has 7 nitrogen and oxygen atoms in total. The molecule has 0 N–H and O–H groups in total. The molecule has 0 radical (unpaired) electrons. The van der Waals surface area contributed by atoms with Crippen molar-refractivity contribution in [1.29, 1.82) is 0 Å². The van der Waals surface area contributed by atoms with Crippen molar-refractivity contribution in [2.45, 2.75) is 33.1 Å². The number of rotatable bonds is 8. The molecule has 3 aromatic heterocycles. The van der Waals surface area contributed by atoms with Crippen LogP contribution in [0.5, 0.6) is 5.75 Å². The molecule has 0 spiro atoms. The van der Waals surface area contributed by atoms with E-state index in [9.17, 15) is 4.79 Å². The topological polar surface area (TPSA) is 78.9 Å². The normalized spacial score (nSPS) is 11.4. The Morgan fingerprint density at radius 2 is 2.21 bits per heavy atom. The van der Waals surface area contributed by atoms with Gasteiger partial charge in [0.25, 0.3) is 0 Å². The summed E-state index contributed by atoms with van der Waals surface area (Å²) in [5.74, 6) is 1.12. The predicted octanol–water partition coefficient (Wildman–Crippen LogP) is 4.49. The van der Waals surface area contributed by atoms with E-state index >= 15 is 0 Å². The zero-order valence-electron chi connectivity index (χ0n) is 15.8. The Balaban J connectivity index is 1.51. The molecule has 3 heterocycles. The molecule has 8 heteroatoms. The summed E-state index contributed by atoms with van der Waals surface area (Å²) >= 11 is 1.58. The van der Waals surface area contributed by atoms with E-state index in [1.54, 1.807) is 22.8 Å². The number of ether oxygens (including phenoxy) is 2. The molecule has 0 unspecified atom stereocenters. The molecule has 0 bridgehead atoms. The van der Waals surface area contributed by atoms with Crippen LogP contribution >= 0.6 is 11.3 Å². The van der Waals surface area contributed by atoms with Crippen LogP contribution in [0.15, 0.2) is 34.9 Å². The van der Waals surface area contributed by atoms with Crippen molar-refractivity contribution in [3.63, 3.8) is 0 Å². The Kier molecular flexibility index (Phi) is 5.29. The van der Waals surface area contributed by atoms with Crippen molar-refractivity contribution in [2.75, 3.05) is 13.2 Å². The standard InChI is InChI=1S/C20H21N3O4S/c1-3-17-22-23-12-14(21-20(23)28-17)16-11-13-7-5-8-15(19(13)27-16)26-10-6-9-18(24)25-4-2/h5,7-8,11-12H,3-4,6,9-10H2,1-2H3. The highest BCUT2D eigenvalue weighted by molar-refractivity contribution is 7.16. The van der Waals surface area contributed by atoms with E-state index in [0.717, 1.165) is 27.5 Å². The minimum Gasteiger partial charge on any atom is -0.490 e. The third-order valence-corrected chi connectivity index (χ3v) is 5.30. The summed E-state index contributed by atoms with van der Waals surface area (Å²) in [6.07, 6.45) is 3.70. The number of carbonyl (C=O) groups is 1. The lowest BCUT2D eigenvalue weighted by atomic mass is 10.2. The molecule has 0 atom stereocenters. The molecule has 28 heavy (non-hydrogen) atoms. The molecule has 146 valence electrons. The number of aromatic nitrogens is 3. The minimum atomic E-state index is -0.204. The van der Waals surface area contributed by atoms with Gasteiger partial charge >= 0.3 is 5.97 Å². The molecule has 4 aromatic rings. The number of hydrogen-bond acceptors (Lipinski definition) is 7. The van der Waals surface area contributed by atoms with Gasteiger partial charge in [0.2, 0.25) is 4.96 Å². The number of imidazole rings is 1. The SMILES string of the molecule is CCOC(=O)CCCOc1cccc2cc(-c3cn4nc(CC)sc4n3)oc12. The van der Waals surface area contributed by atoms with Crippen molar-refractivity contribution in [2.24, 2.45) is 0 Å². The molecule has 0 aliphatic rings. The van der Waals surface area contributed by atoms with E-state index in [1.807, 2.05) is 30.5 Å². The Morgan fingerprint density at radius 1 is 1.32 bits per heavy atom. The van der Waals surface area contributed by atoms with Gasteiger partial charge in [0, 0.05) is 11.8 Å². The summed E-state index contributed by atoms with van der Waals surface area (Å²) in [5.41, 5.74) is 1.41. The molecule has 1 aromatic carbocycles. The maximum Gasteiger partial charge on any atom is 0.305 e. The Labute approximate surface area is 165 Å². The Bertz CT molecular complexity index is 1080. The lowest BCUT2D eigenvalue weighted by Crippen LogP contribution is -2.06. The molecule has 0 aliphatic heterocycles. The van der Waals surface area contributed by atoms with Crippen molar-refractivity contribution in [1.82, 2.24) is 14.6 Å². The van der Waals surface area contributed by atoms with Crippen LogP contribution in [0.3, 0.4) is 0 Å². The van der Waals surface area contributed by atoms with Crippen molar-refractivity contribution >= 4 is 33.2 Å². The average Bonchev–Trinajstić information content (AvgIpc) is 3.37. The fraction of sp³-hybridized carbons (Fsp3) is 0.350. The first-order valence-electron chi connectivity index (χ1n) is 9.34. The van der Waals surface area contributed by atoms with E-state index in [2.05, 4.69) is 17.0 Å². The van der Waals surface area contributed by atoms with Crippen LogP contribution in [0.1, 0.15) is 31.7 Å². The van der Waals surface area contributed by atoms with E-state index in [4.69, 9.17) is 13.9 Å². The second-order valence-electron chi connectivity index (χ2n) is 6.24. The fourth-order valence-electron chi connectivity index (χ4n) is 2.91. The summed E-state index contributed by atoms with van der Waals surface area (Å²) in [6, 6.07) is 7.71. The first-order chi connectivity index (χ1) is 13.7. The van der Waals surface area contributed by atoms with Crippen LogP contribution in [0.25, 0.3) is 27.4 Å². The van der Waals surface area contributed by atoms with E-state index in [0.29, 0.717) is 43.1 Å². The molecule has 0 fully saturated rings. The van der Waals surface area contributed by atoms with Crippen LogP contribution in [-0.2, 0) is 16.0 Å². The van der Waals surface area contributed by atoms with E-state index < -0.39 is 0 Å². The second kappa shape index (κ2) is 8.02. The van der Waals surface area contributed by atoms with Crippen molar-refractivity contribution < 1.29 is 18.7 Å². The zero-order valence-corrected chi connectivity index (χ0v) is 16.6. The summed E-state index contributed by atoms with van der Waals surface area (Å²) in [4.78, 5) is 16.9. The maximum atomic E-state index is 11.4. The van der Waals surface area contributed by atoms with Gasteiger partial charge in [-0.15, -0.1) is 0 Å². The summed E-state index contributed by atoms with van der Waals surface area (Å²) < 4.78 is 18.6. The van der Waals surface area contributed by atoms with Gasteiger partial charge in [0.15, 0.2) is 17.1 Å². The van der Waals surface area contributed by atoms with Gasteiger partial charge in [-0.25, -0.2) is 9.50 Å². The predicted molar refractivity (Wildman–Crippen MR) is 107 cm³/mol. The number of fused-ring (bicyclic) bond motifs is 2. The summed E-state index contributed by atoms with van der Waals surface area (Å²) in [5, 5.41) is 6.49. The number of carbonyl (C=O) groups excluding carboxylic acids is 1. The first-order valence-corrected chi connectivity index (χ1v) is 10.2. The van der Waals surface area contributed by atoms with Crippen LogP contribution in [0.2, 0.25) is 0 Å². The number of esters is 1. The highest BCUT2D eigenvalue weighted by Crippen LogP contribution is 2.33. The molecule has 0 aliphatic carbocycles.